The molecule has 28 heavy (non-hydrogen) atoms. The molecule has 1 aromatic rings. The molecule has 0 atom stereocenters. The molecule has 0 aliphatic carbocycles. The van der Waals surface area contributed by atoms with Crippen LogP contribution in [0.1, 0.15) is 56.1 Å². The number of benzene rings is 1. The van der Waals surface area contributed by atoms with Gasteiger partial charge in [-0.05, 0) is 56.9 Å². The van der Waals surface area contributed by atoms with Crippen molar-refractivity contribution in [3.63, 3.8) is 0 Å². The zero-order valence-electron chi connectivity index (χ0n) is 16.4. The van der Waals surface area contributed by atoms with Gasteiger partial charge < -0.3 is 14.6 Å². The molecular weight excluding hydrogens is 374 g/mol. The highest BCUT2D eigenvalue weighted by Gasteiger charge is 2.52. The second-order valence-electron chi connectivity index (χ2n) is 7.72. The summed E-state index contributed by atoms with van der Waals surface area (Å²) in [5.74, 6) is -0.306. The largest absolute Gasteiger partial charge is 0.492 e. The van der Waals surface area contributed by atoms with Crippen LogP contribution in [0.2, 0.25) is 0 Å². The molecule has 1 heterocycles. The van der Waals surface area contributed by atoms with Crippen molar-refractivity contribution >= 4 is 25.4 Å². The van der Waals surface area contributed by atoms with Gasteiger partial charge in [0.25, 0.3) is 0 Å². The Morgan fingerprint density at radius 3 is 2.11 bits per heavy atom. The van der Waals surface area contributed by atoms with E-state index in [-0.39, 0.29) is 23.6 Å². The summed E-state index contributed by atoms with van der Waals surface area (Å²) < 4.78 is 51.3. The number of hydrogen-bond donors (Lipinski definition) is 1. The van der Waals surface area contributed by atoms with Gasteiger partial charge in [0.2, 0.25) is 5.91 Å². The summed E-state index contributed by atoms with van der Waals surface area (Å²) in [6, 6.07) is 3.06. The molecule has 2 rings (SSSR count). The third-order valence-electron chi connectivity index (χ3n) is 4.89. The van der Waals surface area contributed by atoms with E-state index in [1.165, 1.54) is 19.1 Å². The SMILES string of the molecule is CC(=O)NCC(=Cc1cc(C=O)cc(C(F)(F)F)c1)B1OC(C)(C)C(C)(C)O1. The first kappa shape index (κ1) is 22.2. The van der Waals surface area contributed by atoms with E-state index < -0.39 is 30.1 Å². The Bertz CT molecular complexity index is 787. The van der Waals surface area contributed by atoms with Crippen LogP contribution in [-0.2, 0) is 20.3 Å². The highest BCUT2D eigenvalue weighted by atomic mass is 19.4. The van der Waals surface area contributed by atoms with E-state index >= 15 is 0 Å². The predicted molar refractivity (Wildman–Crippen MR) is 99.6 cm³/mol. The molecule has 0 bridgehead atoms. The Morgan fingerprint density at radius 2 is 1.64 bits per heavy atom. The minimum atomic E-state index is -4.59. The van der Waals surface area contributed by atoms with Gasteiger partial charge in [-0.2, -0.15) is 13.2 Å². The molecule has 1 saturated heterocycles. The average Bonchev–Trinajstić information content (AvgIpc) is 2.77. The van der Waals surface area contributed by atoms with Gasteiger partial charge in [0.15, 0.2) is 0 Å². The van der Waals surface area contributed by atoms with Crippen molar-refractivity contribution in [1.29, 1.82) is 0 Å². The van der Waals surface area contributed by atoms with Gasteiger partial charge in [-0.15, -0.1) is 0 Å². The summed E-state index contributed by atoms with van der Waals surface area (Å²) in [6.45, 7) is 8.74. The second-order valence-corrected chi connectivity index (χ2v) is 7.72. The van der Waals surface area contributed by atoms with Crippen LogP contribution in [0.15, 0.2) is 23.7 Å². The molecule has 0 spiro atoms. The summed E-state index contributed by atoms with van der Waals surface area (Å²) in [4.78, 5) is 22.4. The Morgan fingerprint density at radius 1 is 1.11 bits per heavy atom. The van der Waals surface area contributed by atoms with Crippen molar-refractivity contribution in [2.75, 3.05) is 6.54 Å². The van der Waals surface area contributed by atoms with Crippen LogP contribution < -0.4 is 5.32 Å². The number of carbonyl (C=O) groups excluding carboxylic acids is 2. The number of nitrogens with one attached hydrogen (secondary N) is 1. The molecule has 1 N–H and O–H groups in total. The van der Waals surface area contributed by atoms with Crippen molar-refractivity contribution in [2.24, 2.45) is 0 Å². The Balaban J connectivity index is 2.48. The number of carbonyl (C=O) groups is 2. The molecule has 5 nitrogen and oxygen atoms in total. The quantitative estimate of drug-likeness (QED) is 0.609. The Hall–Kier alpha value is -2.13. The number of aldehydes is 1. The lowest BCUT2D eigenvalue weighted by atomic mass is 9.76. The maximum absolute atomic E-state index is 13.1. The fourth-order valence-corrected chi connectivity index (χ4v) is 2.63. The maximum Gasteiger partial charge on any atom is 0.492 e. The van der Waals surface area contributed by atoms with Crippen molar-refractivity contribution in [3.05, 3.63) is 40.4 Å². The van der Waals surface area contributed by atoms with Gasteiger partial charge in [-0.25, -0.2) is 0 Å². The summed E-state index contributed by atoms with van der Waals surface area (Å²) in [5, 5.41) is 2.61. The third-order valence-corrected chi connectivity index (χ3v) is 4.89. The van der Waals surface area contributed by atoms with E-state index in [9.17, 15) is 22.8 Å². The highest BCUT2D eigenvalue weighted by Crippen LogP contribution is 2.39. The Labute approximate surface area is 162 Å². The van der Waals surface area contributed by atoms with Crippen LogP contribution in [0.5, 0.6) is 0 Å². The highest BCUT2D eigenvalue weighted by molar-refractivity contribution is 6.56. The van der Waals surface area contributed by atoms with Crippen molar-refractivity contribution in [1.82, 2.24) is 5.32 Å². The minimum Gasteiger partial charge on any atom is -0.400 e. The molecule has 1 fully saturated rings. The molecule has 1 aromatic carbocycles. The van der Waals surface area contributed by atoms with E-state index in [1.807, 2.05) is 27.7 Å². The van der Waals surface area contributed by atoms with Crippen LogP contribution in [0.3, 0.4) is 0 Å². The fourth-order valence-electron chi connectivity index (χ4n) is 2.63. The zero-order valence-corrected chi connectivity index (χ0v) is 16.4. The second kappa shape index (κ2) is 7.71. The molecule has 1 aliphatic rings. The molecule has 0 saturated carbocycles. The first-order chi connectivity index (χ1) is 12.7. The molecule has 1 amide bonds. The third kappa shape index (κ3) is 5.02. The lowest BCUT2D eigenvalue weighted by Crippen LogP contribution is -2.41. The van der Waals surface area contributed by atoms with Crippen molar-refractivity contribution in [3.8, 4) is 0 Å². The van der Waals surface area contributed by atoms with Crippen LogP contribution in [0.4, 0.5) is 13.2 Å². The molecule has 9 heteroatoms. The van der Waals surface area contributed by atoms with Crippen LogP contribution >= 0.6 is 0 Å². The monoisotopic (exact) mass is 397 g/mol. The van der Waals surface area contributed by atoms with E-state index in [0.29, 0.717) is 11.8 Å². The minimum absolute atomic E-state index is 0.0266. The van der Waals surface area contributed by atoms with Gasteiger partial charge >= 0.3 is 13.3 Å². The number of amides is 1. The fraction of sp³-hybridized carbons (Fsp3) is 0.474. The van der Waals surface area contributed by atoms with Crippen molar-refractivity contribution < 1.29 is 32.1 Å². The molecule has 152 valence electrons. The first-order valence-electron chi connectivity index (χ1n) is 8.73. The predicted octanol–water partition coefficient (Wildman–Crippen LogP) is 3.67. The van der Waals surface area contributed by atoms with Gasteiger partial charge in [0.1, 0.15) is 6.29 Å². The Kier molecular flexibility index (Phi) is 6.11. The number of alkyl halides is 3. The smallest absolute Gasteiger partial charge is 0.400 e. The standard InChI is InChI=1S/C19H23BF3NO4/c1-12(26)24-10-16(20-27-17(2,3)18(4,5)28-20)9-13-6-14(11-25)8-15(7-13)19(21,22)23/h6-9,11H,10H2,1-5H3,(H,24,26). The lowest BCUT2D eigenvalue weighted by Gasteiger charge is -2.32. The molecule has 1 aliphatic heterocycles. The van der Waals surface area contributed by atoms with E-state index in [0.717, 1.165) is 12.1 Å². The number of halogens is 3. The van der Waals surface area contributed by atoms with Crippen LogP contribution in [-0.4, -0.2) is 37.1 Å². The van der Waals surface area contributed by atoms with Gasteiger partial charge in [0.05, 0.1) is 16.8 Å². The van der Waals surface area contributed by atoms with E-state index in [2.05, 4.69) is 5.32 Å². The van der Waals surface area contributed by atoms with Gasteiger partial charge in [0, 0.05) is 19.0 Å². The van der Waals surface area contributed by atoms with Crippen LogP contribution in [0.25, 0.3) is 6.08 Å². The van der Waals surface area contributed by atoms with E-state index in [4.69, 9.17) is 9.31 Å². The normalized spacial score (nSPS) is 18.9. The van der Waals surface area contributed by atoms with Gasteiger partial charge in [-0.3, -0.25) is 9.59 Å². The maximum atomic E-state index is 13.1. The summed E-state index contributed by atoms with van der Waals surface area (Å²) >= 11 is 0. The molecule has 0 unspecified atom stereocenters. The molecule has 0 radical (unpaired) electrons. The number of hydrogen-bond acceptors (Lipinski definition) is 4. The summed E-state index contributed by atoms with van der Waals surface area (Å²) in [5.41, 5.74) is -1.76. The topological polar surface area (TPSA) is 64.6 Å². The van der Waals surface area contributed by atoms with Crippen LogP contribution in [0, 0.1) is 0 Å². The lowest BCUT2D eigenvalue weighted by molar-refractivity contribution is -0.137. The van der Waals surface area contributed by atoms with E-state index in [1.54, 1.807) is 0 Å². The zero-order chi connectivity index (χ0) is 21.3. The molecule has 0 aromatic heterocycles. The summed E-state index contributed by atoms with van der Waals surface area (Å²) in [6.07, 6.45) is -2.79. The van der Waals surface area contributed by atoms with Gasteiger partial charge in [-0.1, -0.05) is 6.08 Å². The molecular formula is C19H23BF3NO4. The number of rotatable bonds is 5. The first-order valence-corrected chi connectivity index (χ1v) is 8.73. The average molecular weight is 397 g/mol. The summed E-state index contributed by atoms with van der Waals surface area (Å²) in [7, 11) is -0.855. The van der Waals surface area contributed by atoms with Crippen molar-refractivity contribution in [2.45, 2.75) is 52.0 Å².